The van der Waals surface area contributed by atoms with Gasteiger partial charge in [0.25, 0.3) is 0 Å². The van der Waals surface area contributed by atoms with Crippen molar-refractivity contribution < 1.29 is 4.39 Å². The highest BCUT2D eigenvalue weighted by Crippen LogP contribution is 2.22. The summed E-state index contributed by atoms with van der Waals surface area (Å²) in [5, 5.41) is 3.10. The van der Waals surface area contributed by atoms with Gasteiger partial charge in [0, 0.05) is 31.5 Å². The molecule has 2 aromatic carbocycles. The molecule has 4 rings (SSSR count). The minimum absolute atomic E-state index is 0.145. The number of hydrogen-bond acceptors (Lipinski definition) is 4. The zero-order chi connectivity index (χ0) is 18.1. The first-order valence-electron chi connectivity index (χ1n) is 8.10. The molecule has 2 N–H and O–H groups in total. The molecule has 0 amide bonds. The third-order valence-electron chi connectivity index (χ3n) is 4.25. The first-order valence-corrected chi connectivity index (χ1v) is 8.10. The number of benzene rings is 2. The summed E-state index contributed by atoms with van der Waals surface area (Å²) in [7, 11) is 1.73. The van der Waals surface area contributed by atoms with Gasteiger partial charge in [0.05, 0.1) is 11.0 Å². The van der Waals surface area contributed by atoms with Gasteiger partial charge in [-0.3, -0.25) is 4.57 Å². The fourth-order valence-corrected chi connectivity index (χ4v) is 2.77. The van der Waals surface area contributed by atoms with Crippen LogP contribution in [0.2, 0.25) is 0 Å². The molecule has 0 spiro atoms. The second-order valence-electron chi connectivity index (χ2n) is 6.00. The fraction of sp³-hybridized carbons (Fsp3) is 0.105. The van der Waals surface area contributed by atoms with Gasteiger partial charge >= 0.3 is 5.69 Å². The molecule has 130 valence electrons. The van der Waals surface area contributed by atoms with Gasteiger partial charge in [0.15, 0.2) is 0 Å². The largest absolute Gasteiger partial charge is 0.350 e. The van der Waals surface area contributed by atoms with Crippen LogP contribution in [0.15, 0.2) is 59.7 Å². The molecule has 2 aromatic heterocycles. The number of anilines is 1. The van der Waals surface area contributed by atoms with E-state index in [0.717, 1.165) is 27.7 Å². The van der Waals surface area contributed by atoms with E-state index in [1.54, 1.807) is 36.1 Å². The number of hydrogen-bond donors (Lipinski definition) is 2. The average molecular weight is 349 g/mol. The van der Waals surface area contributed by atoms with Crippen molar-refractivity contribution in [3.63, 3.8) is 0 Å². The summed E-state index contributed by atoms with van der Waals surface area (Å²) in [6.07, 6.45) is 3.45. The molecule has 0 bridgehead atoms. The summed E-state index contributed by atoms with van der Waals surface area (Å²) in [5.74, 6) is 0.235. The van der Waals surface area contributed by atoms with Gasteiger partial charge in [-0.15, -0.1) is 0 Å². The van der Waals surface area contributed by atoms with Gasteiger partial charge in [0.2, 0.25) is 5.95 Å². The Bertz CT molecular complexity index is 1110. The lowest BCUT2D eigenvalue weighted by atomic mass is 10.1. The smallest absolute Gasteiger partial charge is 0.326 e. The van der Waals surface area contributed by atoms with Crippen molar-refractivity contribution in [2.75, 3.05) is 5.32 Å². The molecule has 0 aliphatic rings. The first kappa shape index (κ1) is 16.0. The molecule has 0 aliphatic carbocycles. The van der Waals surface area contributed by atoms with E-state index in [4.69, 9.17) is 0 Å². The molecular formula is C19H16FN5O. The zero-order valence-electron chi connectivity index (χ0n) is 14.0. The average Bonchev–Trinajstić information content (AvgIpc) is 2.95. The van der Waals surface area contributed by atoms with E-state index in [2.05, 4.69) is 20.3 Å². The number of aromatic nitrogens is 4. The Morgan fingerprint density at radius 2 is 1.81 bits per heavy atom. The summed E-state index contributed by atoms with van der Waals surface area (Å²) >= 11 is 0. The van der Waals surface area contributed by atoms with Crippen LogP contribution in [0.1, 0.15) is 5.56 Å². The molecule has 0 fully saturated rings. The number of nitrogens with zero attached hydrogens (tertiary/aromatic N) is 3. The van der Waals surface area contributed by atoms with Crippen LogP contribution in [-0.2, 0) is 13.6 Å². The Labute approximate surface area is 148 Å². The van der Waals surface area contributed by atoms with Gasteiger partial charge in [-0.1, -0.05) is 18.2 Å². The molecule has 0 atom stereocenters. The third kappa shape index (κ3) is 3.06. The van der Waals surface area contributed by atoms with E-state index in [0.29, 0.717) is 12.5 Å². The zero-order valence-corrected chi connectivity index (χ0v) is 14.0. The lowest BCUT2D eigenvalue weighted by Gasteiger charge is -2.06. The van der Waals surface area contributed by atoms with Crippen LogP contribution >= 0.6 is 0 Å². The number of rotatable bonds is 4. The summed E-state index contributed by atoms with van der Waals surface area (Å²) in [5.41, 5.74) is 4.19. The van der Waals surface area contributed by atoms with Crippen LogP contribution in [0.25, 0.3) is 22.2 Å². The quantitative estimate of drug-likeness (QED) is 0.594. The number of aryl methyl sites for hydroxylation is 1. The minimum atomic E-state index is -0.258. The van der Waals surface area contributed by atoms with Crippen molar-refractivity contribution in [2.24, 2.45) is 7.05 Å². The summed E-state index contributed by atoms with van der Waals surface area (Å²) in [4.78, 5) is 23.1. The van der Waals surface area contributed by atoms with Gasteiger partial charge in [0.1, 0.15) is 5.82 Å². The molecule has 0 aliphatic heterocycles. The van der Waals surface area contributed by atoms with Crippen molar-refractivity contribution in [3.05, 3.63) is 76.7 Å². The Morgan fingerprint density at radius 3 is 2.54 bits per heavy atom. The SMILES string of the molecule is Cn1c(=O)[nH]c2cc(-c3cnc(NCc4ccc(F)cc4)nc3)ccc21. The summed E-state index contributed by atoms with van der Waals surface area (Å²) in [6.45, 7) is 0.511. The molecule has 0 unspecified atom stereocenters. The number of halogens is 1. The first-order chi connectivity index (χ1) is 12.6. The Balaban J connectivity index is 1.52. The van der Waals surface area contributed by atoms with E-state index in [9.17, 15) is 9.18 Å². The second-order valence-corrected chi connectivity index (χ2v) is 6.00. The van der Waals surface area contributed by atoms with Crippen molar-refractivity contribution in [3.8, 4) is 11.1 Å². The standard InChI is InChI=1S/C19H16FN5O/c1-25-17-7-4-13(8-16(17)24-19(25)26)14-10-22-18(23-11-14)21-9-12-2-5-15(20)6-3-12/h2-8,10-11H,9H2,1H3,(H,24,26)(H,21,22,23). The minimum Gasteiger partial charge on any atom is -0.350 e. The van der Waals surface area contributed by atoms with Crippen LogP contribution in [0.5, 0.6) is 0 Å². The van der Waals surface area contributed by atoms with Crippen LogP contribution in [0.4, 0.5) is 10.3 Å². The summed E-state index contributed by atoms with van der Waals surface area (Å²) in [6, 6.07) is 12.0. The highest BCUT2D eigenvalue weighted by Gasteiger charge is 2.06. The maximum absolute atomic E-state index is 12.9. The van der Waals surface area contributed by atoms with Gasteiger partial charge in [-0.2, -0.15) is 0 Å². The lowest BCUT2D eigenvalue weighted by molar-refractivity contribution is 0.627. The molecule has 7 heteroatoms. The number of nitrogens with one attached hydrogen (secondary N) is 2. The van der Waals surface area contributed by atoms with Crippen molar-refractivity contribution >= 4 is 17.0 Å². The summed E-state index contributed by atoms with van der Waals surface area (Å²) < 4.78 is 14.5. The van der Waals surface area contributed by atoms with Crippen LogP contribution in [0.3, 0.4) is 0 Å². The maximum atomic E-state index is 12.9. The van der Waals surface area contributed by atoms with E-state index in [1.807, 2.05) is 18.2 Å². The topological polar surface area (TPSA) is 75.6 Å². The monoisotopic (exact) mass is 349 g/mol. The Hall–Kier alpha value is -3.48. The molecular weight excluding hydrogens is 333 g/mol. The Morgan fingerprint density at radius 1 is 1.08 bits per heavy atom. The van der Waals surface area contributed by atoms with Gasteiger partial charge in [-0.25, -0.2) is 19.2 Å². The van der Waals surface area contributed by atoms with Crippen LogP contribution in [-0.4, -0.2) is 19.5 Å². The fourth-order valence-electron chi connectivity index (χ4n) is 2.77. The van der Waals surface area contributed by atoms with Crippen LogP contribution < -0.4 is 11.0 Å². The van der Waals surface area contributed by atoms with E-state index < -0.39 is 0 Å². The molecule has 0 saturated heterocycles. The number of aromatic amines is 1. The second kappa shape index (κ2) is 6.44. The predicted molar refractivity (Wildman–Crippen MR) is 98.3 cm³/mol. The molecule has 4 aromatic rings. The van der Waals surface area contributed by atoms with E-state index in [1.165, 1.54) is 12.1 Å². The molecule has 26 heavy (non-hydrogen) atoms. The highest BCUT2D eigenvalue weighted by molar-refractivity contribution is 5.81. The number of H-pyrrole nitrogens is 1. The van der Waals surface area contributed by atoms with Crippen molar-refractivity contribution in [1.82, 2.24) is 19.5 Å². The normalized spacial score (nSPS) is 11.0. The van der Waals surface area contributed by atoms with Gasteiger partial charge < -0.3 is 10.3 Å². The lowest BCUT2D eigenvalue weighted by Crippen LogP contribution is -2.11. The number of fused-ring (bicyclic) bond motifs is 1. The predicted octanol–water partition coefficient (Wildman–Crippen LogP) is 3.07. The highest BCUT2D eigenvalue weighted by atomic mass is 19.1. The van der Waals surface area contributed by atoms with Gasteiger partial charge in [-0.05, 0) is 35.4 Å². The molecule has 2 heterocycles. The molecule has 0 saturated carbocycles. The molecule has 0 radical (unpaired) electrons. The van der Waals surface area contributed by atoms with Crippen LogP contribution in [0, 0.1) is 5.82 Å². The van der Waals surface area contributed by atoms with E-state index in [-0.39, 0.29) is 11.5 Å². The third-order valence-corrected chi connectivity index (χ3v) is 4.25. The van der Waals surface area contributed by atoms with E-state index >= 15 is 0 Å². The number of imidazole rings is 1. The Kier molecular flexibility index (Phi) is 3.96. The van der Waals surface area contributed by atoms with Crippen molar-refractivity contribution in [2.45, 2.75) is 6.54 Å². The van der Waals surface area contributed by atoms with Crippen molar-refractivity contribution in [1.29, 1.82) is 0 Å². The molecule has 6 nitrogen and oxygen atoms in total. The maximum Gasteiger partial charge on any atom is 0.326 e.